The zero-order valence-electron chi connectivity index (χ0n) is 11.1. The first kappa shape index (κ1) is 18.7. The third-order valence-corrected chi connectivity index (χ3v) is 3.86. The van der Waals surface area contributed by atoms with E-state index in [9.17, 15) is 30.8 Å². The number of esters is 1. The van der Waals surface area contributed by atoms with E-state index in [0.29, 0.717) is 12.1 Å². The van der Waals surface area contributed by atoms with Crippen molar-refractivity contribution in [1.29, 1.82) is 0 Å². The van der Waals surface area contributed by atoms with E-state index in [1.807, 2.05) is 0 Å². The molecule has 1 rings (SSSR count). The van der Waals surface area contributed by atoms with E-state index in [4.69, 9.17) is 0 Å². The molecule has 0 unspecified atom stereocenters. The third kappa shape index (κ3) is 4.32. The second kappa shape index (κ2) is 6.03. The SMILES string of the molecule is COC(=O)c1cc(OC(F)(F)C(F)(F)Br)cc(S(C)(=O)=O)c1. The number of hydrogen-bond donors (Lipinski definition) is 0. The lowest BCUT2D eigenvalue weighted by Gasteiger charge is -2.22. The van der Waals surface area contributed by atoms with Crippen LogP contribution in [0.4, 0.5) is 17.6 Å². The van der Waals surface area contributed by atoms with Crippen LogP contribution >= 0.6 is 15.9 Å². The molecule has 11 heteroatoms. The zero-order chi connectivity index (χ0) is 17.3. The maximum absolute atomic E-state index is 13.2. The molecule has 0 heterocycles. The second-order valence-electron chi connectivity index (χ2n) is 4.07. The van der Waals surface area contributed by atoms with Crippen LogP contribution in [0.25, 0.3) is 0 Å². The quantitative estimate of drug-likeness (QED) is 0.425. The summed E-state index contributed by atoms with van der Waals surface area (Å²) >= 11 is 1.46. The highest BCUT2D eigenvalue weighted by atomic mass is 79.9. The minimum absolute atomic E-state index is 0.450. The van der Waals surface area contributed by atoms with E-state index < -0.39 is 43.0 Å². The molecule has 0 aromatic heterocycles. The predicted octanol–water partition coefficient (Wildman–Crippen LogP) is 2.84. The third-order valence-electron chi connectivity index (χ3n) is 2.31. The molecule has 0 saturated carbocycles. The van der Waals surface area contributed by atoms with E-state index in [1.54, 1.807) is 0 Å². The van der Waals surface area contributed by atoms with Crippen LogP contribution in [0.1, 0.15) is 10.4 Å². The molecule has 0 atom stereocenters. The number of methoxy groups -OCH3 is 1. The summed E-state index contributed by atoms with van der Waals surface area (Å²) in [6.45, 7) is 0. The van der Waals surface area contributed by atoms with E-state index in [1.165, 1.54) is 15.9 Å². The van der Waals surface area contributed by atoms with Crippen LogP contribution < -0.4 is 4.74 Å². The topological polar surface area (TPSA) is 69.7 Å². The van der Waals surface area contributed by atoms with Crippen molar-refractivity contribution in [1.82, 2.24) is 0 Å². The van der Waals surface area contributed by atoms with Gasteiger partial charge in [-0.25, -0.2) is 13.2 Å². The Balaban J connectivity index is 3.40. The first-order chi connectivity index (χ1) is 9.78. The molecule has 0 spiro atoms. The number of rotatable bonds is 5. The molecule has 0 aliphatic heterocycles. The Morgan fingerprint density at radius 3 is 2.14 bits per heavy atom. The summed E-state index contributed by atoms with van der Waals surface area (Å²) in [7, 11) is -2.94. The molecule has 0 saturated heterocycles. The van der Waals surface area contributed by atoms with Gasteiger partial charge in [-0.05, 0) is 18.2 Å². The number of sulfone groups is 1. The fourth-order valence-corrected chi connectivity index (χ4v) is 2.04. The minimum atomic E-state index is -4.98. The standard InChI is InChI=1S/C11H9BrF4O5S/c1-20-9(17)6-3-7(5-8(4-6)22(2,18)19)21-11(15,16)10(12,13)14/h3-5H,1-2H3. The number of ether oxygens (including phenoxy) is 2. The summed E-state index contributed by atoms with van der Waals surface area (Å²) < 4.78 is 82.8. The monoisotopic (exact) mass is 408 g/mol. The van der Waals surface area contributed by atoms with Gasteiger partial charge in [-0.1, -0.05) is 0 Å². The zero-order valence-corrected chi connectivity index (χ0v) is 13.5. The van der Waals surface area contributed by atoms with E-state index >= 15 is 0 Å². The smallest absolute Gasteiger partial charge is 0.465 e. The van der Waals surface area contributed by atoms with Crippen LogP contribution in [0.3, 0.4) is 0 Å². The van der Waals surface area contributed by atoms with Gasteiger partial charge in [0.1, 0.15) is 5.75 Å². The molecule has 0 aliphatic rings. The molecule has 0 aliphatic carbocycles. The van der Waals surface area contributed by atoms with Crippen molar-refractivity contribution >= 4 is 31.7 Å². The average Bonchev–Trinajstić information content (AvgIpc) is 2.34. The summed E-state index contributed by atoms with van der Waals surface area (Å²) in [5, 5.41) is 0. The number of carbonyl (C=O) groups is 1. The Morgan fingerprint density at radius 1 is 1.18 bits per heavy atom. The fraction of sp³-hybridized carbons (Fsp3) is 0.364. The maximum Gasteiger partial charge on any atom is 0.475 e. The molecule has 124 valence electrons. The van der Waals surface area contributed by atoms with Crippen molar-refractivity contribution in [2.45, 2.75) is 15.8 Å². The van der Waals surface area contributed by atoms with Crippen molar-refractivity contribution in [3.8, 4) is 5.75 Å². The highest BCUT2D eigenvalue weighted by Gasteiger charge is 2.57. The van der Waals surface area contributed by atoms with Gasteiger partial charge in [0.2, 0.25) is 0 Å². The first-order valence-corrected chi connectivity index (χ1v) is 8.03. The van der Waals surface area contributed by atoms with Gasteiger partial charge in [-0.15, -0.1) is 0 Å². The van der Waals surface area contributed by atoms with E-state index in [-0.39, 0.29) is 0 Å². The van der Waals surface area contributed by atoms with Gasteiger partial charge in [0, 0.05) is 22.2 Å². The highest BCUT2D eigenvalue weighted by Crippen LogP contribution is 2.41. The van der Waals surface area contributed by atoms with Crippen LogP contribution in [-0.4, -0.2) is 38.7 Å². The lowest BCUT2D eigenvalue weighted by molar-refractivity contribution is -0.266. The molecule has 0 N–H and O–H groups in total. The number of halogens is 5. The molecule has 22 heavy (non-hydrogen) atoms. The van der Waals surface area contributed by atoms with E-state index in [0.717, 1.165) is 19.4 Å². The summed E-state index contributed by atoms with van der Waals surface area (Å²) in [5.74, 6) is -1.99. The maximum atomic E-state index is 13.2. The largest absolute Gasteiger partial charge is 0.475 e. The summed E-state index contributed by atoms with van der Waals surface area (Å²) in [4.78, 5) is 6.12. The molecule has 0 radical (unpaired) electrons. The molecule has 0 bridgehead atoms. The van der Waals surface area contributed by atoms with Crippen molar-refractivity contribution in [3.05, 3.63) is 23.8 Å². The van der Waals surface area contributed by atoms with Crippen LogP contribution in [0.15, 0.2) is 23.1 Å². The Labute approximate surface area is 131 Å². The van der Waals surface area contributed by atoms with Crippen molar-refractivity contribution < 1.29 is 40.2 Å². The molecular weight excluding hydrogens is 400 g/mol. The van der Waals surface area contributed by atoms with E-state index in [2.05, 4.69) is 9.47 Å². The molecule has 0 fully saturated rings. The lowest BCUT2D eigenvalue weighted by Crippen LogP contribution is -2.40. The van der Waals surface area contributed by atoms with Crippen LogP contribution in [0.5, 0.6) is 5.75 Å². The molecular formula is C11H9BrF4O5S. The van der Waals surface area contributed by atoms with Gasteiger partial charge in [-0.2, -0.15) is 17.6 Å². The van der Waals surface area contributed by atoms with Gasteiger partial charge >= 0.3 is 16.9 Å². The Morgan fingerprint density at radius 2 is 1.73 bits per heavy atom. The van der Waals surface area contributed by atoms with Gasteiger partial charge in [-0.3, -0.25) is 0 Å². The molecule has 5 nitrogen and oxygen atoms in total. The van der Waals surface area contributed by atoms with Crippen molar-refractivity contribution in [2.24, 2.45) is 0 Å². The van der Waals surface area contributed by atoms with Crippen molar-refractivity contribution in [2.75, 3.05) is 13.4 Å². The van der Waals surface area contributed by atoms with Crippen LogP contribution in [0.2, 0.25) is 0 Å². The van der Waals surface area contributed by atoms with Crippen LogP contribution in [-0.2, 0) is 14.6 Å². The van der Waals surface area contributed by atoms with Crippen molar-refractivity contribution in [3.63, 3.8) is 0 Å². The van der Waals surface area contributed by atoms with Gasteiger partial charge in [0.25, 0.3) is 0 Å². The summed E-state index contributed by atoms with van der Waals surface area (Å²) in [5.41, 5.74) is -0.450. The molecule has 1 aromatic rings. The molecule has 0 amide bonds. The lowest BCUT2D eigenvalue weighted by atomic mass is 10.2. The highest BCUT2D eigenvalue weighted by molar-refractivity contribution is 9.10. The minimum Gasteiger partial charge on any atom is -0.465 e. The average molecular weight is 409 g/mol. The Kier molecular flexibility index (Phi) is 5.12. The first-order valence-electron chi connectivity index (χ1n) is 5.35. The number of carbonyl (C=O) groups excluding carboxylic acids is 1. The predicted molar refractivity (Wildman–Crippen MR) is 70.3 cm³/mol. The molecule has 1 aromatic carbocycles. The number of benzene rings is 1. The normalized spacial score (nSPS) is 12.9. The van der Waals surface area contributed by atoms with Gasteiger partial charge in [0.15, 0.2) is 9.84 Å². The van der Waals surface area contributed by atoms with Crippen LogP contribution in [0, 0.1) is 0 Å². The number of alkyl halides is 5. The van der Waals surface area contributed by atoms with Gasteiger partial charge in [0.05, 0.1) is 17.6 Å². The fourth-order valence-electron chi connectivity index (χ4n) is 1.29. The summed E-state index contributed by atoms with van der Waals surface area (Å²) in [6.07, 6.45) is -4.24. The second-order valence-corrected chi connectivity index (χ2v) is 7.09. The Bertz CT molecular complexity index is 684. The van der Waals surface area contributed by atoms with Gasteiger partial charge < -0.3 is 9.47 Å². The number of hydrogen-bond acceptors (Lipinski definition) is 5. The summed E-state index contributed by atoms with van der Waals surface area (Å²) in [6, 6.07) is 2.10. The Hall–Kier alpha value is -1.36.